The van der Waals surface area contributed by atoms with Gasteiger partial charge in [0.25, 0.3) is 0 Å². The van der Waals surface area contributed by atoms with Gasteiger partial charge in [0.15, 0.2) is 0 Å². The molecule has 2 aromatic carbocycles. The van der Waals surface area contributed by atoms with Gasteiger partial charge in [-0.1, -0.05) is 24.3 Å². The van der Waals surface area contributed by atoms with E-state index in [1.165, 1.54) is 6.07 Å². The Bertz CT molecular complexity index is 757. The minimum Gasteiger partial charge on any atom is -0.375 e. The van der Waals surface area contributed by atoms with E-state index in [1.54, 1.807) is 6.07 Å². The fourth-order valence-electron chi connectivity index (χ4n) is 2.64. The molecule has 0 saturated carbocycles. The molecule has 0 saturated heterocycles. The van der Waals surface area contributed by atoms with Gasteiger partial charge in [-0.3, -0.25) is 0 Å². The van der Waals surface area contributed by atoms with E-state index in [2.05, 4.69) is 27.9 Å². The van der Waals surface area contributed by atoms with Crippen molar-refractivity contribution in [2.24, 2.45) is 0 Å². The number of nitrogens with one attached hydrogen (secondary N) is 1. The van der Waals surface area contributed by atoms with Crippen molar-refractivity contribution in [3.05, 3.63) is 59.7 Å². The van der Waals surface area contributed by atoms with Crippen LogP contribution in [0.5, 0.6) is 0 Å². The Hall–Kier alpha value is -2.36. The summed E-state index contributed by atoms with van der Waals surface area (Å²) in [6, 6.07) is 13.1. The van der Waals surface area contributed by atoms with E-state index < -0.39 is 0 Å². The number of aromatic nitrogens is 2. The van der Waals surface area contributed by atoms with E-state index in [-0.39, 0.29) is 5.82 Å². The second-order valence-corrected chi connectivity index (χ2v) is 5.05. The molecule has 0 amide bonds. The smallest absolute Gasteiger partial charge is 0.146 e. The Balaban J connectivity index is 1.92. The molecule has 0 spiro atoms. The summed E-state index contributed by atoms with van der Waals surface area (Å²) in [6.45, 7) is 5.33. The van der Waals surface area contributed by atoms with Crippen molar-refractivity contribution in [2.45, 2.75) is 26.9 Å². The van der Waals surface area contributed by atoms with E-state index in [9.17, 15) is 4.39 Å². The van der Waals surface area contributed by atoms with Crippen LogP contribution in [0.25, 0.3) is 11.0 Å². The van der Waals surface area contributed by atoms with E-state index in [4.69, 9.17) is 0 Å². The van der Waals surface area contributed by atoms with Crippen LogP contribution in [-0.4, -0.2) is 9.55 Å². The first-order valence-electron chi connectivity index (χ1n) is 7.14. The molecule has 0 fully saturated rings. The molecule has 108 valence electrons. The Morgan fingerprint density at radius 2 is 1.95 bits per heavy atom. The number of para-hydroxylation sites is 3. The molecule has 0 atom stereocenters. The van der Waals surface area contributed by atoms with Crippen LogP contribution in [0, 0.1) is 12.7 Å². The van der Waals surface area contributed by atoms with Crippen LogP contribution in [0.15, 0.2) is 42.5 Å². The van der Waals surface area contributed by atoms with Crippen molar-refractivity contribution in [1.29, 1.82) is 0 Å². The van der Waals surface area contributed by atoms with Crippen molar-refractivity contribution < 1.29 is 4.39 Å². The summed E-state index contributed by atoms with van der Waals surface area (Å²) in [7, 11) is 0. The Labute approximate surface area is 123 Å². The molecule has 0 aliphatic heterocycles. The number of imidazole rings is 1. The lowest BCUT2D eigenvalue weighted by molar-refractivity contribution is 0.627. The lowest BCUT2D eigenvalue weighted by atomic mass is 10.2. The Kier molecular flexibility index (Phi) is 3.60. The maximum atomic E-state index is 13.9. The second-order valence-electron chi connectivity index (χ2n) is 5.05. The van der Waals surface area contributed by atoms with Crippen molar-refractivity contribution in [3.63, 3.8) is 0 Å². The average molecular weight is 283 g/mol. The van der Waals surface area contributed by atoms with Crippen LogP contribution in [0.3, 0.4) is 0 Å². The zero-order valence-electron chi connectivity index (χ0n) is 12.2. The van der Waals surface area contributed by atoms with Gasteiger partial charge in [0.2, 0.25) is 0 Å². The maximum absolute atomic E-state index is 13.9. The van der Waals surface area contributed by atoms with Gasteiger partial charge in [0, 0.05) is 6.54 Å². The highest BCUT2D eigenvalue weighted by Crippen LogP contribution is 2.21. The average Bonchev–Trinajstić information content (AvgIpc) is 2.84. The predicted octanol–water partition coefficient (Wildman–Crippen LogP) is 4.12. The molecule has 1 N–H and O–H groups in total. The topological polar surface area (TPSA) is 29.9 Å². The summed E-state index contributed by atoms with van der Waals surface area (Å²) in [6.07, 6.45) is 0. The van der Waals surface area contributed by atoms with Crippen molar-refractivity contribution >= 4 is 16.7 Å². The van der Waals surface area contributed by atoms with E-state index in [0.717, 1.165) is 29.0 Å². The zero-order valence-corrected chi connectivity index (χ0v) is 12.2. The first-order chi connectivity index (χ1) is 10.2. The van der Waals surface area contributed by atoms with E-state index in [0.29, 0.717) is 12.2 Å². The first-order valence-corrected chi connectivity index (χ1v) is 7.14. The van der Waals surface area contributed by atoms with Gasteiger partial charge in [0.05, 0.1) is 23.3 Å². The number of fused-ring (bicyclic) bond motifs is 1. The van der Waals surface area contributed by atoms with Crippen LogP contribution in [0.1, 0.15) is 18.3 Å². The van der Waals surface area contributed by atoms with Crippen molar-refractivity contribution in [2.75, 3.05) is 5.32 Å². The van der Waals surface area contributed by atoms with Crippen LogP contribution in [0.2, 0.25) is 0 Å². The summed E-state index contributed by atoms with van der Waals surface area (Å²) in [5.41, 5.74) is 3.53. The Morgan fingerprint density at radius 3 is 2.71 bits per heavy atom. The number of rotatable bonds is 4. The fourth-order valence-corrected chi connectivity index (χ4v) is 2.64. The molecular formula is C17H18FN3. The number of benzene rings is 2. The lowest BCUT2D eigenvalue weighted by Crippen LogP contribution is -2.09. The monoisotopic (exact) mass is 283 g/mol. The first kappa shape index (κ1) is 13.6. The molecule has 0 unspecified atom stereocenters. The highest BCUT2D eigenvalue weighted by atomic mass is 19.1. The van der Waals surface area contributed by atoms with Crippen LogP contribution >= 0.6 is 0 Å². The van der Waals surface area contributed by atoms with Gasteiger partial charge in [-0.05, 0) is 37.6 Å². The fraction of sp³-hybridized carbons (Fsp3) is 0.235. The van der Waals surface area contributed by atoms with Crippen molar-refractivity contribution in [3.8, 4) is 0 Å². The third kappa shape index (κ3) is 2.49. The number of halogens is 1. The van der Waals surface area contributed by atoms with Crippen LogP contribution in [0.4, 0.5) is 10.1 Å². The normalized spacial score (nSPS) is 11.0. The maximum Gasteiger partial charge on any atom is 0.146 e. The minimum absolute atomic E-state index is 0.228. The summed E-state index contributed by atoms with van der Waals surface area (Å²) >= 11 is 0. The number of nitrogens with zero attached hydrogens (tertiary/aromatic N) is 2. The minimum atomic E-state index is -0.228. The van der Waals surface area contributed by atoms with Gasteiger partial charge in [-0.25, -0.2) is 9.37 Å². The molecule has 4 heteroatoms. The zero-order chi connectivity index (χ0) is 14.8. The number of anilines is 1. The largest absolute Gasteiger partial charge is 0.375 e. The molecule has 3 nitrogen and oxygen atoms in total. The molecule has 0 aliphatic carbocycles. The summed E-state index contributed by atoms with van der Waals surface area (Å²) < 4.78 is 16.0. The van der Waals surface area contributed by atoms with Crippen molar-refractivity contribution in [1.82, 2.24) is 9.55 Å². The molecule has 0 aliphatic rings. The molecule has 3 aromatic rings. The molecule has 21 heavy (non-hydrogen) atoms. The third-order valence-corrected chi connectivity index (χ3v) is 3.70. The molecule has 3 rings (SSSR count). The molecule has 0 bridgehead atoms. The predicted molar refractivity (Wildman–Crippen MR) is 83.9 cm³/mol. The summed E-state index contributed by atoms with van der Waals surface area (Å²) in [5.74, 6) is 0.690. The van der Waals surface area contributed by atoms with Gasteiger partial charge in [-0.2, -0.15) is 0 Å². The molecule has 1 heterocycles. The van der Waals surface area contributed by atoms with Gasteiger partial charge >= 0.3 is 0 Å². The number of aryl methyl sites for hydroxylation is 2. The highest BCUT2D eigenvalue weighted by Gasteiger charge is 2.10. The quantitative estimate of drug-likeness (QED) is 0.780. The molecule has 0 radical (unpaired) electrons. The highest BCUT2D eigenvalue weighted by molar-refractivity contribution is 5.76. The van der Waals surface area contributed by atoms with Gasteiger partial charge in [-0.15, -0.1) is 0 Å². The van der Waals surface area contributed by atoms with E-state index in [1.807, 2.05) is 31.2 Å². The molecule has 1 aromatic heterocycles. The SMILES string of the molecule is CCn1c(CNc2c(C)cccc2F)nc2ccccc21. The summed E-state index contributed by atoms with van der Waals surface area (Å²) in [5, 5.41) is 3.17. The van der Waals surface area contributed by atoms with Crippen LogP contribution < -0.4 is 5.32 Å². The van der Waals surface area contributed by atoms with Gasteiger partial charge < -0.3 is 9.88 Å². The lowest BCUT2D eigenvalue weighted by Gasteiger charge is -2.11. The second kappa shape index (κ2) is 5.56. The van der Waals surface area contributed by atoms with Gasteiger partial charge in [0.1, 0.15) is 11.6 Å². The number of hydrogen-bond acceptors (Lipinski definition) is 2. The Morgan fingerprint density at radius 1 is 1.14 bits per heavy atom. The standard InChI is InChI=1S/C17H18FN3/c1-3-21-15-10-5-4-9-14(15)20-16(21)11-19-17-12(2)7-6-8-13(17)18/h4-10,19H,3,11H2,1-2H3. The molecular weight excluding hydrogens is 265 g/mol. The summed E-state index contributed by atoms with van der Waals surface area (Å²) in [4.78, 5) is 4.64. The third-order valence-electron chi connectivity index (χ3n) is 3.70. The van der Waals surface area contributed by atoms with Crippen LogP contribution in [-0.2, 0) is 13.1 Å². The number of hydrogen-bond donors (Lipinski definition) is 1. The van der Waals surface area contributed by atoms with E-state index >= 15 is 0 Å².